The van der Waals surface area contributed by atoms with Crippen molar-refractivity contribution in [3.63, 3.8) is 0 Å². The maximum atomic E-state index is 11.9. The summed E-state index contributed by atoms with van der Waals surface area (Å²) < 4.78 is 5.35. The SMILES string of the molecule is C/C=C\C=C/CCCN(C)C1=CC(=O)N(C)C[C@@H](OC)N1. The molecule has 1 rings (SSSR count). The Labute approximate surface area is 127 Å². The molecular formula is C16H27N3O2. The largest absolute Gasteiger partial charge is 0.361 e. The molecule has 0 bridgehead atoms. The molecule has 0 spiro atoms. The van der Waals surface area contributed by atoms with Crippen LogP contribution in [0.5, 0.6) is 0 Å². The normalized spacial score (nSPS) is 19.8. The van der Waals surface area contributed by atoms with Gasteiger partial charge in [-0.3, -0.25) is 4.79 Å². The molecule has 0 fully saturated rings. The van der Waals surface area contributed by atoms with Crippen LogP contribution in [-0.4, -0.2) is 56.2 Å². The molecule has 5 heteroatoms. The summed E-state index contributed by atoms with van der Waals surface area (Å²) in [7, 11) is 5.41. The highest BCUT2D eigenvalue weighted by molar-refractivity contribution is 5.88. The predicted octanol–water partition coefficient (Wildman–Crippen LogP) is 1.71. The number of hydrogen-bond acceptors (Lipinski definition) is 4. The Morgan fingerprint density at radius 1 is 1.52 bits per heavy atom. The number of carbonyl (C=O) groups is 1. The Kier molecular flexibility index (Phi) is 7.61. The van der Waals surface area contributed by atoms with Crippen LogP contribution >= 0.6 is 0 Å². The molecule has 0 saturated heterocycles. The first kappa shape index (κ1) is 17.3. The lowest BCUT2D eigenvalue weighted by molar-refractivity contribution is -0.126. The fourth-order valence-corrected chi connectivity index (χ4v) is 2.02. The van der Waals surface area contributed by atoms with Gasteiger partial charge in [0, 0.05) is 33.8 Å². The number of nitrogens with zero attached hydrogens (tertiary/aromatic N) is 2. The zero-order valence-corrected chi connectivity index (χ0v) is 13.5. The second kappa shape index (κ2) is 9.23. The number of likely N-dealkylation sites (N-methyl/N-ethyl adjacent to an activating group) is 1. The third-order valence-electron chi connectivity index (χ3n) is 3.38. The molecule has 0 aromatic heterocycles. The maximum absolute atomic E-state index is 11.9. The van der Waals surface area contributed by atoms with Crippen LogP contribution in [0.2, 0.25) is 0 Å². The highest BCUT2D eigenvalue weighted by Gasteiger charge is 2.21. The van der Waals surface area contributed by atoms with Gasteiger partial charge in [0.15, 0.2) is 0 Å². The van der Waals surface area contributed by atoms with Crippen LogP contribution in [0.4, 0.5) is 0 Å². The van der Waals surface area contributed by atoms with E-state index in [0.29, 0.717) is 6.54 Å². The summed E-state index contributed by atoms with van der Waals surface area (Å²) in [5, 5.41) is 3.26. The van der Waals surface area contributed by atoms with Gasteiger partial charge < -0.3 is 19.9 Å². The summed E-state index contributed by atoms with van der Waals surface area (Å²) >= 11 is 0. The fraction of sp³-hybridized carbons (Fsp3) is 0.562. The molecule has 1 amide bonds. The second-order valence-corrected chi connectivity index (χ2v) is 5.13. The van der Waals surface area contributed by atoms with Crippen molar-refractivity contribution in [3.8, 4) is 0 Å². The molecule has 21 heavy (non-hydrogen) atoms. The van der Waals surface area contributed by atoms with Crippen LogP contribution < -0.4 is 5.32 Å². The minimum absolute atomic E-state index is 0.00289. The van der Waals surface area contributed by atoms with Gasteiger partial charge in [0.05, 0.1) is 6.54 Å². The minimum Gasteiger partial charge on any atom is -0.361 e. The Balaban J connectivity index is 2.52. The topological polar surface area (TPSA) is 44.8 Å². The van der Waals surface area contributed by atoms with Gasteiger partial charge in [0.25, 0.3) is 0 Å². The zero-order chi connectivity index (χ0) is 15.7. The highest BCUT2D eigenvalue weighted by Crippen LogP contribution is 2.08. The molecule has 0 aliphatic carbocycles. The van der Waals surface area contributed by atoms with E-state index in [0.717, 1.165) is 25.2 Å². The number of methoxy groups -OCH3 is 1. The van der Waals surface area contributed by atoms with E-state index in [-0.39, 0.29) is 12.1 Å². The average Bonchev–Trinajstić information content (AvgIpc) is 2.62. The van der Waals surface area contributed by atoms with Crippen molar-refractivity contribution in [2.75, 3.05) is 34.3 Å². The van der Waals surface area contributed by atoms with E-state index >= 15 is 0 Å². The molecule has 118 valence electrons. The van der Waals surface area contributed by atoms with Gasteiger partial charge >= 0.3 is 0 Å². The third-order valence-corrected chi connectivity index (χ3v) is 3.38. The number of unbranched alkanes of at least 4 members (excludes halogenated alkanes) is 1. The predicted molar refractivity (Wildman–Crippen MR) is 85.5 cm³/mol. The molecule has 0 radical (unpaired) electrons. The molecule has 5 nitrogen and oxygen atoms in total. The third kappa shape index (κ3) is 6.04. The van der Waals surface area contributed by atoms with E-state index in [1.807, 2.05) is 26.1 Å². The summed E-state index contributed by atoms with van der Waals surface area (Å²) in [6.45, 7) is 3.42. The smallest absolute Gasteiger partial charge is 0.250 e. The molecule has 1 N–H and O–H groups in total. The standard InChI is InChI=1S/C16H27N3O2/c1-5-6-7-8-9-10-11-18(2)14-12-16(20)19(3)13-15(17-14)21-4/h5-8,12,15,17H,9-11,13H2,1-4H3/b6-5-,8-7-/t15-/m1/s1. The lowest BCUT2D eigenvalue weighted by atomic mass is 10.2. The summed E-state index contributed by atoms with van der Waals surface area (Å²) in [5.74, 6) is 0.811. The number of amides is 1. The number of allylic oxidation sites excluding steroid dienone is 4. The van der Waals surface area contributed by atoms with Crippen molar-refractivity contribution in [1.82, 2.24) is 15.1 Å². The van der Waals surface area contributed by atoms with E-state index in [2.05, 4.69) is 22.4 Å². The van der Waals surface area contributed by atoms with Gasteiger partial charge in [-0.05, 0) is 19.8 Å². The number of carbonyl (C=O) groups excluding carboxylic acids is 1. The number of hydrogen-bond donors (Lipinski definition) is 1. The second-order valence-electron chi connectivity index (χ2n) is 5.13. The number of nitrogens with one attached hydrogen (secondary N) is 1. The summed E-state index contributed by atoms with van der Waals surface area (Å²) in [6.07, 6.45) is 11.8. The van der Waals surface area contributed by atoms with Crippen molar-refractivity contribution in [1.29, 1.82) is 0 Å². The zero-order valence-electron chi connectivity index (χ0n) is 13.5. The van der Waals surface area contributed by atoms with Crippen molar-refractivity contribution in [2.24, 2.45) is 0 Å². The summed E-state index contributed by atoms with van der Waals surface area (Å²) in [4.78, 5) is 15.7. The Hall–Kier alpha value is -1.75. The van der Waals surface area contributed by atoms with Gasteiger partial charge in [-0.2, -0.15) is 0 Å². The van der Waals surface area contributed by atoms with Gasteiger partial charge in [-0.1, -0.05) is 24.3 Å². The molecule has 1 heterocycles. The van der Waals surface area contributed by atoms with Gasteiger partial charge in [-0.15, -0.1) is 0 Å². The van der Waals surface area contributed by atoms with Gasteiger partial charge in [-0.25, -0.2) is 0 Å². The van der Waals surface area contributed by atoms with Crippen molar-refractivity contribution < 1.29 is 9.53 Å². The molecular weight excluding hydrogens is 266 g/mol. The van der Waals surface area contributed by atoms with Crippen LogP contribution in [0, 0.1) is 0 Å². The monoisotopic (exact) mass is 293 g/mol. The molecule has 0 aromatic rings. The van der Waals surface area contributed by atoms with Gasteiger partial charge in [0.2, 0.25) is 5.91 Å². The van der Waals surface area contributed by atoms with E-state index < -0.39 is 0 Å². The first-order chi connectivity index (χ1) is 10.1. The van der Waals surface area contributed by atoms with Crippen LogP contribution in [0.15, 0.2) is 36.2 Å². The molecule has 0 unspecified atom stereocenters. The first-order valence-electron chi connectivity index (χ1n) is 7.33. The van der Waals surface area contributed by atoms with E-state index in [1.165, 1.54) is 0 Å². The minimum atomic E-state index is -0.176. The van der Waals surface area contributed by atoms with Crippen LogP contribution in [0.25, 0.3) is 0 Å². The van der Waals surface area contributed by atoms with Crippen molar-refractivity contribution in [2.45, 2.75) is 26.0 Å². The van der Waals surface area contributed by atoms with Crippen molar-refractivity contribution in [3.05, 3.63) is 36.2 Å². The van der Waals surface area contributed by atoms with Crippen LogP contribution in [0.3, 0.4) is 0 Å². The Morgan fingerprint density at radius 3 is 2.95 bits per heavy atom. The summed E-state index contributed by atoms with van der Waals surface area (Å²) in [6, 6.07) is 0. The maximum Gasteiger partial charge on any atom is 0.250 e. The van der Waals surface area contributed by atoms with E-state index in [4.69, 9.17) is 4.74 Å². The van der Waals surface area contributed by atoms with Crippen LogP contribution in [0.1, 0.15) is 19.8 Å². The Bertz CT molecular complexity index is 416. The molecule has 1 aliphatic rings. The fourth-order valence-electron chi connectivity index (χ4n) is 2.02. The lowest BCUT2D eigenvalue weighted by Gasteiger charge is -2.26. The molecule has 1 atom stereocenters. The van der Waals surface area contributed by atoms with Crippen molar-refractivity contribution >= 4 is 5.91 Å². The lowest BCUT2D eigenvalue weighted by Crippen LogP contribution is -2.41. The van der Waals surface area contributed by atoms with Gasteiger partial charge in [0.1, 0.15) is 12.0 Å². The highest BCUT2D eigenvalue weighted by atomic mass is 16.5. The number of rotatable bonds is 7. The van der Waals surface area contributed by atoms with Crippen LogP contribution in [-0.2, 0) is 9.53 Å². The quantitative estimate of drug-likeness (QED) is 0.573. The Morgan fingerprint density at radius 2 is 2.29 bits per heavy atom. The molecule has 1 aliphatic heterocycles. The summed E-state index contributed by atoms with van der Waals surface area (Å²) in [5.41, 5.74) is 0. The first-order valence-corrected chi connectivity index (χ1v) is 7.33. The average molecular weight is 293 g/mol. The molecule has 0 saturated carbocycles. The number of ether oxygens (including phenoxy) is 1. The molecule has 0 aromatic carbocycles. The van der Waals surface area contributed by atoms with E-state index in [1.54, 1.807) is 25.1 Å². The van der Waals surface area contributed by atoms with E-state index in [9.17, 15) is 4.79 Å².